The van der Waals surface area contributed by atoms with Crippen molar-refractivity contribution in [3.63, 3.8) is 0 Å². The molecule has 7 nitrogen and oxygen atoms in total. The summed E-state index contributed by atoms with van der Waals surface area (Å²) in [5.74, 6) is 1.30. The molecule has 0 saturated carbocycles. The molecule has 168 valence electrons. The lowest BCUT2D eigenvalue weighted by molar-refractivity contribution is -0.135. The standard InChI is InChI=1S/C24H20ClN3O4S/c25-23-16(15-5-7-19-20(11-15)32-9-8-31-19)2-1-3-18(23)27-24-17-6-4-14(10-21(17)33-28-24)12-26-13-22(29)30/h1-7,10-11,26H,8-9,12-13H2,(H,27,28)(H,29,30). The first-order valence-electron chi connectivity index (χ1n) is 10.3. The summed E-state index contributed by atoms with van der Waals surface area (Å²) in [6, 6.07) is 17.6. The third-order valence-corrected chi connectivity index (χ3v) is 6.46. The molecule has 1 aromatic heterocycles. The number of benzene rings is 3. The zero-order chi connectivity index (χ0) is 22.8. The minimum atomic E-state index is -0.879. The second-order valence-corrected chi connectivity index (χ2v) is 8.69. The molecule has 33 heavy (non-hydrogen) atoms. The molecule has 3 N–H and O–H groups in total. The van der Waals surface area contributed by atoms with E-state index in [-0.39, 0.29) is 6.54 Å². The quantitative estimate of drug-likeness (QED) is 0.329. The van der Waals surface area contributed by atoms with Crippen LogP contribution in [0.4, 0.5) is 11.5 Å². The van der Waals surface area contributed by atoms with Crippen molar-refractivity contribution in [2.75, 3.05) is 25.1 Å². The Morgan fingerprint density at radius 3 is 2.79 bits per heavy atom. The van der Waals surface area contributed by atoms with Crippen LogP contribution in [0, 0.1) is 0 Å². The van der Waals surface area contributed by atoms with Gasteiger partial charge in [0.15, 0.2) is 17.3 Å². The van der Waals surface area contributed by atoms with Crippen LogP contribution in [-0.4, -0.2) is 35.2 Å². The number of aromatic nitrogens is 1. The maximum absolute atomic E-state index is 10.7. The van der Waals surface area contributed by atoms with Crippen molar-refractivity contribution in [3.05, 3.63) is 65.2 Å². The number of hydrogen-bond donors (Lipinski definition) is 3. The fourth-order valence-corrected chi connectivity index (χ4v) is 4.77. The van der Waals surface area contributed by atoms with Crippen LogP contribution in [0.25, 0.3) is 21.2 Å². The lowest BCUT2D eigenvalue weighted by Gasteiger charge is -2.19. The summed E-state index contributed by atoms with van der Waals surface area (Å²) in [7, 11) is 0. The monoisotopic (exact) mass is 481 g/mol. The van der Waals surface area contributed by atoms with Crippen LogP contribution in [0.1, 0.15) is 5.56 Å². The number of carboxylic acids is 1. The van der Waals surface area contributed by atoms with Gasteiger partial charge in [0.05, 0.1) is 22.0 Å². The second-order valence-electron chi connectivity index (χ2n) is 7.51. The summed E-state index contributed by atoms with van der Waals surface area (Å²) in [6.45, 7) is 1.48. The molecule has 0 saturated heterocycles. The number of anilines is 2. The highest BCUT2D eigenvalue weighted by molar-refractivity contribution is 7.13. The van der Waals surface area contributed by atoms with Gasteiger partial charge in [0.2, 0.25) is 0 Å². The van der Waals surface area contributed by atoms with Gasteiger partial charge in [0, 0.05) is 17.5 Å². The SMILES string of the molecule is O=C(O)CNCc1ccc2c(Nc3cccc(-c4ccc5c(c4)OCCO5)c3Cl)nsc2c1. The van der Waals surface area contributed by atoms with Crippen molar-refractivity contribution in [3.8, 4) is 22.6 Å². The molecule has 9 heteroatoms. The molecular weight excluding hydrogens is 462 g/mol. The Kier molecular flexibility index (Phi) is 6.04. The number of ether oxygens (including phenoxy) is 2. The molecule has 2 heterocycles. The first kappa shape index (κ1) is 21.5. The van der Waals surface area contributed by atoms with Gasteiger partial charge >= 0.3 is 5.97 Å². The van der Waals surface area contributed by atoms with Gasteiger partial charge in [0.25, 0.3) is 0 Å². The summed E-state index contributed by atoms with van der Waals surface area (Å²) < 4.78 is 16.9. The van der Waals surface area contributed by atoms with Crippen molar-refractivity contribution >= 4 is 50.7 Å². The Morgan fingerprint density at radius 1 is 1.09 bits per heavy atom. The van der Waals surface area contributed by atoms with Gasteiger partial charge in [-0.3, -0.25) is 4.79 Å². The zero-order valence-corrected chi connectivity index (χ0v) is 19.0. The Balaban J connectivity index is 1.39. The fraction of sp³-hybridized carbons (Fsp3) is 0.167. The molecule has 0 radical (unpaired) electrons. The number of aliphatic carboxylic acids is 1. The minimum absolute atomic E-state index is 0.0776. The summed E-state index contributed by atoms with van der Waals surface area (Å²) in [5, 5.41) is 16.6. The van der Waals surface area contributed by atoms with Gasteiger partial charge < -0.3 is 25.2 Å². The number of carbonyl (C=O) groups is 1. The molecule has 0 fully saturated rings. The van der Waals surface area contributed by atoms with E-state index in [0.29, 0.717) is 30.5 Å². The van der Waals surface area contributed by atoms with E-state index in [1.54, 1.807) is 0 Å². The Bertz CT molecular complexity index is 1340. The van der Waals surface area contributed by atoms with Crippen molar-refractivity contribution in [1.82, 2.24) is 9.69 Å². The fourth-order valence-electron chi connectivity index (χ4n) is 3.69. The minimum Gasteiger partial charge on any atom is -0.486 e. The Morgan fingerprint density at radius 2 is 1.94 bits per heavy atom. The highest BCUT2D eigenvalue weighted by Crippen LogP contribution is 2.40. The molecule has 4 aromatic rings. The van der Waals surface area contributed by atoms with E-state index in [1.165, 1.54) is 11.5 Å². The first-order valence-corrected chi connectivity index (χ1v) is 11.5. The number of rotatable bonds is 7. The maximum atomic E-state index is 10.7. The maximum Gasteiger partial charge on any atom is 0.317 e. The zero-order valence-electron chi connectivity index (χ0n) is 17.4. The van der Waals surface area contributed by atoms with Crippen LogP contribution in [0.3, 0.4) is 0 Å². The third-order valence-electron chi connectivity index (χ3n) is 5.25. The molecule has 0 aliphatic carbocycles. The second kappa shape index (κ2) is 9.27. The number of nitrogens with one attached hydrogen (secondary N) is 2. The smallest absolute Gasteiger partial charge is 0.317 e. The highest BCUT2D eigenvalue weighted by Gasteiger charge is 2.16. The van der Waals surface area contributed by atoms with Crippen molar-refractivity contribution in [2.45, 2.75) is 6.54 Å². The van der Waals surface area contributed by atoms with Crippen LogP contribution in [0.15, 0.2) is 54.6 Å². The average molecular weight is 482 g/mol. The van der Waals surface area contributed by atoms with Crippen LogP contribution < -0.4 is 20.1 Å². The predicted octanol–water partition coefficient (Wildman–Crippen LogP) is 5.31. The Hall–Kier alpha value is -3.33. The van der Waals surface area contributed by atoms with Gasteiger partial charge in [-0.1, -0.05) is 35.9 Å². The predicted molar refractivity (Wildman–Crippen MR) is 130 cm³/mol. The number of carboxylic acid groups (broad SMARTS) is 1. The highest BCUT2D eigenvalue weighted by atomic mass is 35.5. The number of nitrogens with zero attached hydrogens (tertiary/aromatic N) is 1. The van der Waals surface area contributed by atoms with E-state index in [0.717, 1.165) is 44.0 Å². The molecule has 0 bridgehead atoms. The molecular formula is C24H20ClN3O4S. The largest absolute Gasteiger partial charge is 0.486 e. The third kappa shape index (κ3) is 4.59. The van der Waals surface area contributed by atoms with Crippen LogP contribution >= 0.6 is 23.1 Å². The number of fused-ring (bicyclic) bond motifs is 2. The summed E-state index contributed by atoms with van der Waals surface area (Å²) in [4.78, 5) is 10.7. The van der Waals surface area contributed by atoms with Gasteiger partial charge in [-0.05, 0) is 53.0 Å². The van der Waals surface area contributed by atoms with Gasteiger partial charge in [-0.15, -0.1) is 0 Å². The summed E-state index contributed by atoms with van der Waals surface area (Å²) in [5.41, 5.74) is 3.57. The van der Waals surface area contributed by atoms with E-state index in [2.05, 4.69) is 15.0 Å². The molecule has 5 rings (SSSR count). The van der Waals surface area contributed by atoms with Gasteiger partial charge in [0.1, 0.15) is 13.2 Å². The molecule has 1 aliphatic heterocycles. The van der Waals surface area contributed by atoms with E-state index in [4.69, 9.17) is 26.2 Å². The Labute approximate surface area is 199 Å². The topological polar surface area (TPSA) is 92.7 Å². The number of hydrogen-bond acceptors (Lipinski definition) is 7. The molecule has 0 spiro atoms. The summed E-state index contributed by atoms with van der Waals surface area (Å²) in [6.07, 6.45) is 0. The average Bonchev–Trinajstić information content (AvgIpc) is 3.22. The van der Waals surface area contributed by atoms with E-state index >= 15 is 0 Å². The van der Waals surface area contributed by atoms with E-state index in [1.807, 2.05) is 54.6 Å². The lowest BCUT2D eigenvalue weighted by Crippen LogP contribution is -2.21. The van der Waals surface area contributed by atoms with Gasteiger partial charge in [-0.25, -0.2) is 0 Å². The van der Waals surface area contributed by atoms with Crippen LogP contribution in [-0.2, 0) is 11.3 Å². The normalized spacial score (nSPS) is 12.6. The molecule has 0 amide bonds. The van der Waals surface area contributed by atoms with E-state index in [9.17, 15) is 4.79 Å². The molecule has 1 aliphatic rings. The van der Waals surface area contributed by atoms with E-state index < -0.39 is 5.97 Å². The lowest BCUT2D eigenvalue weighted by atomic mass is 10.0. The van der Waals surface area contributed by atoms with Crippen LogP contribution in [0.2, 0.25) is 5.02 Å². The van der Waals surface area contributed by atoms with Crippen molar-refractivity contribution in [1.29, 1.82) is 0 Å². The molecule has 0 unspecified atom stereocenters. The van der Waals surface area contributed by atoms with Gasteiger partial charge in [-0.2, -0.15) is 4.37 Å². The summed E-state index contributed by atoms with van der Waals surface area (Å²) >= 11 is 8.17. The van der Waals surface area contributed by atoms with Crippen molar-refractivity contribution in [2.24, 2.45) is 0 Å². The number of halogens is 1. The van der Waals surface area contributed by atoms with Crippen molar-refractivity contribution < 1.29 is 19.4 Å². The molecule has 3 aromatic carbocycles. The first-order chi connectivity index (χ1) is 16.1. The van der Waals surface area contributed by atoms with Crippen LogP contribution in [0.5, 0.6) is 11.5 Å². The molecule has 0 atom stereocenters.